The molecule has 15 heavy (non-hydrogen) atoms. The molecule has 0 atom stereocenters. The summed E-state index contributed by atoms with van der Waals surface area (Å²) in [6, 6.07) is 10.4. The Bertz CT molecular complexity index is 368. The lowest BCUT2D eigenvalue weighted by atomic mass is 9.98. The molecule has 0 amide bonds. The summed E-state index contributed by atoms with van der Waals surface area (Å²) in [7, 11) is 0. The lowest BCUT2D eigenvalue weighted by Crippen LogP contribution is -1.92. The summed E-state index contributed by atoms with van der Waals surface area (Å²) in [5.74, 6) is 0. The summed E-state index contributed by atoms with van der Waals surface area (Å²) in [4.78, 5) is 0. The highest BCUT2D eigenvalue weighted by molar-refractivity contribution is 5.30. The molecule has 0 bridgehead atoms. The molecule has 0 N–H and O–H groups in total. The highest BCUT2D eigenvalue weighted by Crippen LogP contribution is 2.17. The van der Waals surface area contributed by atoms with E-state index in [0.717, 1.165) is 24.0 Å². The molecule has 0 unspecified atom stereocenters. The second kappa shape index (κ2) is 5.35. The van der Waals surface area contributed by atoms with Gasteiger partial charge in [0.25, 0.3) is 0 Å². The first kappa shape index (κ1) is 11.5. The second-order valence-electron chi connectivity index (χ2n) is 3.97. The van der Waals surface area contributed by atoms with Crippen LogP contribution in [0.5, 0.6) is 0 Å². The van der Waals surface area contributed by atoms with Crippen molar-refractivity contribution in [3.63, 3.8) is 0 Å². The minimum Gasteiger partial charge on any atom is -0.0992 e. The van der Waals surface area contributed by atoms with Crippen molar-refractivity contribution in [2.45, 2.75) is 19.8 Å². The van der Waals surface area contributed by atoms with E-state index in [9.17, 15) is 0 Å². The molecule has 0 aliphatic carbocycles. The first-order chi connectivity index (χ1) is 7.09. The van der Waals surface area contributed by atoms with Crippen molar-refractivity contribution >= 4 is 0 Å². The molecule has 1 aromatic rings. The molecular weight excluding hydrogens is 180 g/mol. The smallest absolute Gasteiger partial charge is 0.00665 e. The first-order valence-electron chi connectivity index (χ1n) is 5.14. The van der Waals surface area contributed by atoms with Gasteiger partial charge in [-0.05, 0) is 30.9 Å². The van der Waals surface area contributed by atoms with Crippen molar-refractivity contribution in [1.82, 2.24) is 0 Å². The highest BCUT2D eigenvalue weighted by Gasteiger charge is 2.00. The Labute approximate surface area is 92.6 Å². The standard InChI is InChI=1S/C15H18/c1-12(2)14(4)10-13(3)11-15-8-6-5-7-9-15/h5-9H,1,3-4,10-11H2,2H3. The second-order valence-corrected chi connectivity index (χ2v) is 3.97. The van der Waals surface area contributed by atoms with Gasteiger partial charge in [-0.1, -0.05) is 61.2 Å². The minimum atomic E-state index is 0.851. The fraction of sp³-hybridized carbons (Fsp3) is 0.200. The van der Waals surface area contributed by atoms with Crippen LogP contribution in [-0.2, 0) is 6.42 Å². The Hall–Kier alpha value is -1.56. The molecule has 0 aromatic heterocycles. The molecule has 0 saturated heterocycles. The molecule has 0 spiro atoms. The average Bonchev–Trinajstić information content (AvgIpc) is 2.18. The Morgan fingerprint density at radius 3 is 2.20 bits per heavy atom. The quantitative estimate of drug-likeness (QED) is 0.488. The predicted octanol–water partition coefficient (Wildman–Crippen LogP) is 4.31. The van der Waals surface area contributed by atoms with Gasteiger partial charge in [-0.25, -0.2) is 0 Å². The molecule has 0 heterocycles. The highest BCUT2D eigenvalue weighted by atomic mass is 14.1. The van der Waals surface area contributed by atoms with Gasteiger partial charge in [-0.3, -0.25) is 0 Å². The van der Waals surface area contributed by atoms with Gasteiger partial charge in [-0.15, -0.1) is 0 Å². The van der Waals surface area contributed by atoms with E-state index >= 15 is 0 Å². The van der Waals surface area contributed by atoms with Gasteiger partial charge in [0.15, 0.2) is 0 Å². The van der Waals surface area contributed by atoms with Crippen LogP contribution in [0.25, 0.3) is 0 Å². The van der Waals surface area contributed by atoms with E-state index in [-0.39, 0.29) is 0 Å². The van der Waals surface area contributed by atoms with Crippen LogP contribution in [0.4, 0.5) is 0 Å². The van der Waals surface area contributed by atoms with Gasteiger partial charge in [0.1, 0.15) is 0 Å². The molecule has 0 fully saturated rings. The van der Waals surface area contributed by atoms with E-state index < -0.39 is 0 Å². The number of allylic oxidation sites excluding steroid dienone is 3. The van der Waals surface area contributed by atoms with Crippen LogP contribution >= 0.6 is 0 Å². The van der Waals surface area contributed by atoms with E-state index in [1.54, 1.807) is 0 Å². The van der Waals surface area contributed by atoms with Crippen molar-refractivity contribution in [2.75, 3.05) is 0 Å². The molecular formula is C15H18. The first-order valence-corrected chi connectivity index (χ1v) is 5.14. The third-order valence-corrected chi connectivity index (χ3v) is 2.36. The third kappa shape index (κ3) is 3.99. The lowest BCUT2D eigenvalue weighted by molar-refractivity contribution is 1.04. The lowest BCUT2D eigenvalue weighted by Gasteiger charge is -2.08. The Kier molecular flexibility index (Phi) is 4.11. The summed E-state index contributed by atoms with van der Waals surface area (Å²) in [5.41, 5.74) is 4.62. The Morgan fingerprint density at radius 2 is 1.67 bits per heavy atom. The number of hydrogen-bond donors (Lipinski definition) is 0. The SMILES string of the molecule is C=C(CC(=C)C(=C)C)Cc1ccccc1. The molecule has 0 heteroatoms. The number of benzene rings is 1. The molecule has 0 aliphatic heterocycles. The van der Waals surface area contributed by atoms with Gasteiger partial charge in [0, 0.05) is 0 Å². The Balaban J connectivity index is 2.51. The van der Waals surface area contributed by atoms with Crippen molar-refractivity contribution < 1.29 is 0 Å². The zero-order chi connectivity index (χ0) is 11.3. The topological polar surface area (TPSA) is 0 Å². The van der Waals surface area contributed by atoms with Gasteiger partial charge >= 0.3 is 0 Å². The molecule has 1 rings (SSSR count). The van der Waals surface area contributed by atoms with Crippen LogP contribution in [-0.4, -0.2) is 0 Å². The molecule has 1 aromatic carbocycles. The summed E-state index contributed by atoms with van der Waals surface area (Å²) in [6.45, 7) is 13.9. The van der Waals surface area contributed by atoms with Crippen LogP contribution in [0.15, 0.2) is 66.8 Å². The summed E-state index contributed by atoms with van der Waals surface area (Å²) in [5, 5.41) is 0. The zero-order valence-electron chi connectivity index (χ0n) is 9.42. The molecule has 78 valence electrons. The third-order valence-electron chi connectivity index (χ3n) is 2.36. The van der Waals surface area contributed by atoms with Crippen molar-refractivity contribution in [3.8, 4) is 0 Å². The van der Waals surface area contributed by atoms with Crippen LogP contribution in [0, 0.1) is 0 Å². The minimum absolute atomic E-state index is 0.851. The molecule has 0 nitrogen and oxygen atoms in total. The van der Waals surface area contributed by atoms with Gasteiger partial charge in [-0.2, -0.15) is 0 Å². The molecule has 0 aliphatic rings. The van der Waals surface area contributed by atoms with Gasteiger partial charge in [0.05, 0.1) is 0 Å². The average molecular weight is 198 g/mol. The fourth-order valence-corrected chi connectivity index (χ4v) is 1.40. The van der Waals surface area contributed by atoms with Crippen LogP contribution in [0.2, 0.25) is 0 Å². The van der Waals surface area contributed by atoms with E-state index in [0.29, 0.717) is 0 Å². The van der Waals surface area contributed by atoms with Crippen LogP contribution < -0.4 is 0 Å². The van der Waals surface area contributed by atoms with E-state index in [1.807, 2.05) is 13.0 Å². The summed E-state index contributed by atoms with van der Waals surface area (Å²) < 4.78 is 0. The summed E-state index contributed by atoms with van der Waals surface area (Å²) >= 11 is 0. The van der Waals surface area contributed by atoms with Crippen LogP contribution in [0.3, 0.4) is 0 Å². The number of hydrogen-bond acceptors (Lipinski definition) is 0. The number of rotatable bonds is 5. The Morgan fingerprint density at radius 1 is 1.07 bits per heavy atom. The fourth-order valence-electron chi connectivity index (χ4n) is 1.40. The van der Waals surface area contributed by atoms with E-state index in [4.69, 9.17) is 0 Å². The molecule has 0 radical (unpaired) electrons. The monoisotopic (exact) mass is 198 g/mol. The maximum atomic E-state index is 4.07. The summed E-state index contributed by atoms with van der Waals surface area (Å²) in [6.07, 6.45) is 1.78. The van der Waals surface area contributed by atoms with Crippen LogP contribution in [0.1, 0.15) is 18.9 Å². The molecule has 0 saturated carbocycles. The maximum Gasteiger partial charge on any atom is -0.00665 e. The maximum absolute atomic E-state index is 4.07. The van der Waals surface area contributed by atoms with Crippen molar-refractivity contribution in [3.05, 3.63) is 72.4 Å². The van der Waals surface area contributed by atoms with Gasteiger partial charge < -0.3 is 0 Å². The zero-order valence-corrected chi connectivity index (χ0v) is 9.42. The van der Waals surface area contributed by atoms with E-state index in [1.165, 1.54) is 11.1 Å². The van der Waals surface area contributed by atoms with E-state index in [2.05, 4.69) is 44.0 Å². The van der Waals surface area contributed by atoms with Crippen molar-refractivity contribution in [2.24, 2.45) is 0 Å². The predicted molar refractivity (Wildman–Crippen MR) is 67.9 cm³/mol. The normalized spacial score (nSPS) is 9.67. The van der Waals surface area contributed by atoms with Gasteiger partial charge in [0.2, 0.25) is 0 Å². The largest absolute Gasteiger partial charge is 0.0992 e. The van der Waals surface area contributed by atoms with Crippen molar-refractivity contribution in [1.29, 1.82) is 0 Å².